The first kappa shape index (κ1) is 19.8. The van der Waals surface area contributed by atoms with Crippen molar-refractivity contribution in [2.24, 2.45) is 0 Å². The van der Waals surface area contributed by atoms with Crippen molar-refractivity contribution in [1.29, 1.82) is 0 Å². The third kappa shape index (κ3) is 4.16. The number of benzene rings is 1. The van der Waals surface area contributed by atoms with Crippen LogP contribution >= 0.6 is 23.5 Å². The molecular weight excluding hydrogens is 384 g/mol. The Morgan fingerprint density at radius 3 is 2.93 bits per heavy atom. The van der Waals surface area contributed by atoms with Gasteiger partial charge in [0.05, 0.1) is 30.0 Å². The normalized spacial score (nSPS) is 13.9. The Bertz CT molecular complexity index is 898. The number of methoxy groups -OCH3 is 1. The van der Waals surface area contributed by atoms with E-state index in [2.05, 4.69) is 0 Å². The van der Waals surface area contributed by atoms with Gasteiger partial charge in [-0.2, -0.15) is 0 Å². The van der Waals surface area contributed by atoms with Crippen molar-refractivity contribution in [3.05, 3.63) is 40.3 Å². The van der Waals surface area contributed by atoms with Gasteiger partial charge in [0.2, 0.25) is 0 Å². The summed E-state index contributed by atoms with van der Waals surface area (Å²) < 4.78 is 12.0. The highest BCUT2D eigenvalue weighted by Crippen LogP contribution is 2.32. The van der Waals surface area contributed by atoms with E-state index in [9.17, 15) is 9.59 Å². The zero-order chi connectivity index (χ0) is 19.4. The van der Waals surface area contributed by atoms with E-state index in [1.165, 1.54) is 23.5 Å². The molecule has 0 bridgehead atoms. The molecule has 6 nitrogen and oxygen atoms in total. The maximum Gasteiger partial charge on any atom is 0.319 e. The molecule has 0 spiro atoms. The summed E-state index contributed by atoms with van der Waals surface area (Å²) in [7, 11) is 1.59. The molecule has 0 fully saturated rings. The average molecular weight is 407 g/mol. The van der Waals surface area contributed by atoms with E-state index in [0.717, 1.165) is 17.9 Å². The van der Waals surface area contributed by atoms with Gasteiger partial charge in [0.25, 0.3) is 5.56 Å². The van der Waals surface area contributed by atoms with E-state index < -0.39 is 5.25 Å². The second-order valence-corrected chi connectivity index (χ2v) is 8.15. The Hall–Kier alpha value is -1.93. The Balaban J connectivity index is 2.10. The Morgan fingerprint density at radius 2 is 2.22 bits per heavy atom. The van der Waals surface area contributed by atoms with Crippen LogP contribution in [0.5, 0.6) is 5.75 Å². The number of carbonyl (C=O) groups is 1. The monoisotopic (exact) mass is 406 g/mol. The van der Waals surface area contributed by atoms with E-state index in [-0.39, 0.29) is 11.5 Å². The van der Waals surface area contributed by atoms with Crippen LogP contribution in [0.25, 0.3) is 5.69 Å². The van der Waals surface area contributed by atoms with Gasteiger partial charge in [0.1, 0.15) is 11.0 Å². The van der Waals surface area contributed by atoms with Crippen LogP contribution in [0.2, 0.25) is 0 Å². The number of esters is 1. The van der Waals surface area contributed by atoms with Gasteiger partial charge >= 0.3 is 5.97 Å². The largest absolute Gasteiger partial charge is 0.497 e. The molecule has 3 rings (SSSR count). The van der Waals surface area contributed by atoms with Gasteiger partial charge in [0.15, 0.2) is 5.16 Å². The number of aryl methyl sites for hydroxylation is 1. The number of ether oxygens (including phenoxy) is 2. The van der Waals surface area contributed by atoms with Crippen LogP contribution in [0.4, 0.5) is 0 Å². The molecule has 8 heteroatoms. The third-order valence-electron chi connectivity index (χ3n) is 4.15. The van der Waals surface area contributed by atoms with Crippen LogP contribution in [0, 0.1) is 0 Å². The molecule has 0 unspecified atom stereocenters. The predicted octanol–water partition coefficient (Wildman–Crippen LogP) is 3.32. The first-order chi connectivity index (χ1) is 13.1. The number of hydrogen-bond acceptors (Lipinski definition) is 7. The van der Waals surface area contributed by atoms with Crippen molar-refractivity contribution in [3.63, 3.8) is 0 Å². The molecule has 2 heterocycles. The molecule has 1 aromatic heterocycles. The second-order valence-electron chi connectivity index (χ2n) is 5.88. The van der Waals surface area contributed by atoms with Crippen molar-refractivity contribution < 1.29 is 14.3 Å². The molecule has 0 amide bonds. The Morgan fingerprint density at radius 1 is 1.41 bits per heavy atom. The zero-order valence-electron chi connectivity index (χ0n) is 15.6. The van der Waals surface area contributed by atoms with Crippen LogP contribution in [-0.4, -0.2) is 40.2 Å². The third-order valence-corrected chi connectivity index (χ3v) is 6.55. The van der Waals surface area contributed by atoms with E-state index in [1.807, 2.05) is 25.1 Å². The summed E-state index contributed by atoms with van der Waals surface area (Å²) in [6, 6.07) is 7.29. The predicted molar refractivity (Wildman–Crippen MR) is 107 cm³/mol. The minimum atomic E-state index is -0.416. The van der Waals surface area contributed by atoms with Crippen LogP contribution < -0.4 is 10.3 Å². The molecule has 27 heavy (non-hydrogen) atoms. The Labute approximate surface area is 166 Å². The summed E-state index contributed by atoms with van der Waals surface area (Å²) in [6.45, 7) is 4.03. The second kappa shape index (κ2) is 8.84. The number of fused-ring (bicyclic) bond motifs is 1. The van der Waals surface area contributed by atoms with Gasteiger partial charge in [-0.25, -0.2) is 4.98 Å². The fourth-order valence-electron chi connectivity index (χ4n) is 2.81. The lowest BCUT2D eigenvalue weighted by Crippen LogP contribution is -2.26. The zero-order valence-corrected chi connectivity index (χ0v) is 17.2. The highest BCUT2D eigenvalue weighted by Gasteiger charge is 2.27. The van der Waals surface area contributed by atoms with Crippen LogP contribution in [0.1, 0.15) is 26.0 Å². The molecule has 0 radical (unpaired) electrons. The smallest absolute Gasteiger partial charge is 0.319 e. The van der Waals surface area contributed by atoms with Gasteiger partial charge < -0.3 is 9.47 Å². The summed E-state index contributed by atoms with van der Waals surface area (Å²) in [5.74, 6) is 1.21. The van der Waals surface area contributed by atoms with Crippen LogP contribution in [-0.2, 0) is 16.0 Å². The number of rotatable bonds is 7. The molecule has 0 aliphatic carbocycles. The summed E-state index contributed by atoms with van der Waals surface area (Å²) >= 11 is 2.81. The first-order valence-electron chi connectivity index (χ1n) is 8.85. The molecule has 1 aliphatic heterocycles. The lowest BCUT2D eigenvalue weighted by atomic mass is 10.3. The Kier molecular flexibility index (Phi) is 6.49. The fourth-order valence-corrected chi connectivity index (χ4v) is 4.88. The highest BCUT2D eigenvalue weighted by molar-refractivity contribution is 8.00. The molecule has 0 saturated heterocycles. The standard InChI is InChI=1S/C19H22N2O4S2/c1-4-15(18(23)25-5-2)27-19-20-14-9-10-26-16(14)17(22)21(19)12-7-6-8-13(11-12)24-3/h6-8,11,15H,4-5,9-10H2,1-3H3/t15-/m1/s1. The van der Waals surface area contributed by atoms with Crippen molar-refractivity contribution in [2.75, 3.05) is 19.5 Å². The molecule has 1 aromatic carbocycles. The van der Waals surface area contributed by atoms with Crippen molar-refractivity contribution in [1.82, 2.24) is 9.55 Å². The minimum absolute atomic E-state index is 0.100. The van der Waals surface area contributed by atoms with E-state index in [0.29, 0.717) is 34.5 Å². The number of aromatic nitrogens is 2. The summed E-state index contributed by atoms with van der Waals surface area (Å²) in [4.78, 5) is 30.9. The minimum Gasteiger partial charge on any atom is -0.497 e. The lowest BCUT2D eigenvalue weighted by molar-refractivity contribution is -0.142. The topological polar surface area (TPSA) is 70.4 Å². The van der Waals surface area contributed by atoms with E-state index >= 15 is 0 Å². The first-order valence-corrected chi connectivity index (χ1v) is 10.7. The number of carbonyl (C=O) groups excluding carboxylic acids is 1. The number of thioether (sulfide) groups is 2. The summed E-state index contributed by atoms with van der Waals surface area (Å²) in [5, 5.41) is 0.0928. The SMILES string of the molecule is CCOC(=O)[C@@H](CC)Sc1nc2c(c(=O)n1-c1cccc(OC)c1)SCC2. The number of hydrogen-bond donors (Lipinski definition) is 0. The summed E-state index contributed by atoms with van der Waals surface area (Å²) in [5.41, 5.74) is 1.38. The van der Waals surface area contributed by atoms with Crippen LogP contribution in [0.15, 0.2) is 39.1 Å². The molecule has 1 atom stereocenters. The molecule has 0 saturated carbocycles. The van der Waals surface area contributed by atoms with Crippen molar-refractivity contribution >= 4 is 29.5 Å². The maximum atomic E-state index is 13.2. The van der Waals surface area contributed by atoms with Gasteiger partial charge in [-0.15, -0.1) is 11.8 Å². The highest BCUT2D eigenvalue weighted by atomic mass is 32.2. The molecule has 144 valence electrons. The van der Waals surface area contributed by atoms with Gasteiger partial charge in [-0.3, -0.25) is 14.2 Å². The van der Waals surface area contributed by atoms with E-state index in [1.54, 1.807) is 24.7 Å². The molecule has 1 aliphatic rings. The average Bonchev–Trinajstić information content (AvgIpc) is 3.15. The molecular formula is C19H22N2O4S2. The quantitative estimate of drug-likeness (QED) is 0.397. The van der Waals surface area contributed by atoms with Crippen molar-refractivity contribution in [2.45, 2.75) is 42.0 Å². The van der Waals surface area contributed by atoms with E-state index in [4.69, 9.17) is 14.5 Å². The maximum absolute atomic E-state index is 13.2. The lowest BCUT2D eigenvalue weighted by Gasteiger charge is -2.18. The van der Waals surface area contributed by atoms with Gasteiger partial charge in [-0.05, 0) is 25.5 Å². The van der Waals surface area contributed by atoms with Crippen molar-refractivity contribution in [3.8, 4) is 11.4 Å². The van der Waals surface area contributed by atoms with Gasteiger partial charge in [-0.1, -0.05) is 24.8 Å². The molecule has 0 N–H and O–H groups in total. The van der Waals surface area contributed by atoms with Crippen LogP contribution in [0.3, 0.4) is 0 Å². The molecule has 2 aromatic rings. The van der Waals surface area contributed by atoms with Gasteiger partial charge in [0, 0.05) is 18.2 Å². The fraction of sp³-hybridized carbons (Fsp3) is 0.421. The number of nitrogens with zero attached hydrogens (tertiary/aromatic N) is 2. The summed E-state index contributed by atoms with van der Waals surface area (Å²) in [6.07, 6.45) is 1.35.